The Kier molecular flexibility index (Phi) is 3.24. The Hall–Kier alpha value is -1.36. The van der Waals surface area contributed by atoms with Gasteiger partial charge < -0.3 is 10.6 Å². The van der Waals surface area contributed by atoms with Gasteiger partial charge in [0.2, 0.25) is 0 Å². The quantitative estimate of drug-likeness (QED) is 0.821. The molecule has 1 aliphatic rings. The van der Waals surface area contributed by atoms with Crippen LogP contribution in [0.3, 0.4) is 0 Å². The number of alkyl halides is 1. The number of aromatic nitrogens is 2. The second-order valence-corrected chi connectivity index (χ2v) is 4.16. The highest BCUT2D eigenvalue weighted by Crippen LogP contribution is 2.18. The van der Waals surface area contributed by atoms with Gasteiger partial charge in [0.1, 0.15) is 6.17 Å². The van der Waals surface area contributed by atoms with Crippen molar-refractivity contribution in [2.75, 3.05) is 13.1 Å². The summed E-state index contributed by atoms with van der Waals surface area (Å²) < 4.78 is 14.8. The maximum absolute atomic E-state index is 13.0. The molecule has 0 spiro atoms. The summed E-state index contributed by atoms with van der Waals surface area (Å²) in [5, 5.41) is 4.08. The molecule has 4 nitrogen and oxygen atoms in total. The van der Waals surface area contributed by atoms with Gasteiger partial charge in [-0.25, -0.2) is 4.39 Å². The Morgan fingerprint density at radius 3 is 3.06 bits per heavy atom. The predicted molar refractivity (Wildman–Crippen MR) is 60.4 cm³/mol. The standard InChI is InChI=1S/C11H17FN4/c1-9(15-6-3-10(12)7-15)11(13)8-16-5-2-4-14-16/h2,4-5,10-11H,1,3,6-8,13H2. The van der Waals surface area contributed by atoms with Crippen LogP contribution in [0, 0.1) is 0 Å². The second kappa shape index (κ2) is 4.65. The number of likely N-dealkylation sites (tertiary alicyclic amines) is 1. The van der Waals surface area contributed by atoms with Crippen LogP contribution in [-0.2, 0) is 6.54 Å². The number of rotatable bonds is 4. The number of nitrogens with two attached hydrogens (primary N) is 1. The first-order chi connectivity index (χ1) is 7.66. The molecule has 2 rings (SSSR count). The second-order valence-electron chi connectivity index (χ2n) is 4.16. The van der Waals surface area contributed by atoms with Crippen molar-refractivity contribution in [1.29, 1.82) is 0 Å². The van der Waals surface area contributed by atoms with E-state index in [2.05, 4.69) is 11.7 Å². The van der Waals surface area contributed by atoms with Crippen molar-refractivity contribution in [1.82, 2.24) is 14.7 Å². The molecule has 0 aliphatic carbocycles. The molecule has 2 heterocycles. The molecule has 88 valence electrons. The molecule has 2 unspecified atom stereocenters. The zero-order valence-electron chi connectivity index (χ0n) is 9.22. The molecule has 2 N–H and O–H groups in total. The highest BCUT2D eigenvalue weighted by atomic mass is 19.1. The molecule has 1 saturated heterocycles. The van der Waals surface area contributed by atoms with Crippen LogP contribution in [0.5, 0.6) is 0 Å². The van der Waals surface area contributed by atoms with E-state index in [0.29, 0.717) is 26.1 Å². The summed E-state index contributed by atoms with van der Waals surface area (Å²) in [5.41, 5.74) is 6.81. The summed E-state index contributed by atoms with van der Waals surface area (Å²) in [6.45, 7) is 5.66. The predicted octanol–water partition coefficient (Wildman–Crippen LogP) is 0.768. The van der Waals surface area contributed by atoms with Gasteiger partial charge >= 0.3 is 0 Å². The van der Waals surface area contributed by atoms with E-state index in [1.807, 2.05) is 17.2 Å². The summed E-state index contributed by atoms with van der Waals surface area (Å²) in [6.07, 6.45) is 3.40. The molecule has 1 fully saturated rings. The van der Waals surface area contributed by atoms with Gasteiger partial charge in [-0.1, -0.05) is 6.58 Å². The topological polar surface area (TPSA) is 47.1 Å². The fraction of sp³-hybridized carbons (Fsp3) is 0.545. The smallest absolute Gasteiger partial charge is 0.119 e. The molecule has 0 amide bonds. The van der Waals surface area contributed by atoms with Gasteiger partial charge in [0.25, 0.3) is 0 Å². The average molecular weight is 224 g/mol. The molecule has 16 heavy (non-hydrogen) atoms. The summed E-state index contributed by atoms with van der Waals surface area (Å²) >= 11 is 0. The Balaban J connectivity index is 1.89. The average Bonchev–Trinajstić information content (AvgIpc) is 2.88. The third-order valence-electron chi connectivity index (χ3n) is 2.91. The van der Waals surface area contributed by atoms with Crippen molar-refractivity contribution in [3.63, 3.8) is 0 Å². The Bertz CT molecular complexity index is 349. The molecule has 1 aromatic heterocycles. The van der Waals surface area contributed by atoms with Crippen molar-refractivity contribution >= 4 is 0 Å². The summed E-state index contributed by atoms with van der Waals surface area (Å²) in [6, 6.07) is 1.65. The minimum absolute atomic E-state index is 0.204. The molecule has 0 saturated carbocycles. The maximum Gasteiger partial charge on any atom is 0.119 e. The van der Waals surface area contributed by atoms with Crippen LogP contribution >= 0.6 is 0 Å². The lowest BCUT2D eigenvalue weighted by Crippen LogP contribution is -2.36. The zero-order chi connectivity index (χ0) is 11.5. The molecule has 1 aliphatic heterocycles. The van der Waals surface area contributed by atoms with Crippen LogP contribution in [0.2, 0.25) is 0 Å². The van der Waals surface area contributed by atoms with Gasteiger partial charge in [-0.3, -0.25) is 4.68 Å². The van der Waals surface area contributed by atoms with Crippen LogP contribution in [0.1, 0.15) is 6.42 Å². The lowest BCUT2D eigenvalue weighted by molar-refractivity contribution is 0.311. The van der Waals surface area contributed by atoms with Crippen molar-refractivity contribution in [3.8, 4) is 0 Å². The largest absolute Gasteiger partial charge is 0.371 e. The highest BCUT2D eigenvalue weighted by molar-refractivity contribution is 5.06. The molecule has 1 aromatic rings. The van der Waals surface area contributed by atoms with Crippen LogP contribution in [0.4, 0.5) is 4.39 Å². The van der Waals surface area contributed by atoms with Crippen molar-refractivity contribution in [2.45, 2.75) is 25.2 Å². The monoisotopic (exact) mass is 224 g/mol. The van der Waals surface area contributed by atoms with E-state index in [1.54, 1.807) is 10.9 Å². The molecule has 0 aromatic carbocycles. The fourth-order valence-electron chi connectivity index (χ4n) is 1.93. The van der Waals surface area contributed by atoms with E-state index in [1.165, 1.54) is 0 Å². The van der Waals surface area contributed by atoms with Gasteiger partial charge in [0, 0.05) is 31.2 Å². The van der Waals surface area contributed by atoms with E-state index in [4.69, 9.17) is 5.73 Å². The van der Waals surface area contributed by atoms with Gasteiger partial charge in [-0.15, -0.1) is 0 Å². The Labute approximate surface area is 94.5 Å². The van der Waals surface area contributed by atoms with Crippen molar-refractivity contribution in [2.24, 2.45) is 5.73 Å². The van der Waals surface area contributed by atoms with Crippen molar-refractivity contribution in [3.05, 3.63) is 30.7 Å². The molecular formula is C11H17FN4. The summed E-state index contributed by atoms with van der Waals surface area (Å²) in [4.78, 5) is 1.93. The first-order valence-electron chi connectivity index (χ1n) is 5.47. The highest BCUT2D eigenvalue weighted by Gasteiger charge is 2.25. The number of hydrogen-bond donors (Lipinski definition) is 1. The van der Waals surface area contributed by atoms with Gasteiger partial charge in [0.05, 0.1) is 12.6 Å². The van der Waals surface area contributed by atoms with Gasteiger partial charge in [0.15, 0.2) is 0 Å². The lowest BCUT2D eigenvalue weighted by Gasteiger charge is -2.25. The zero-order valence-corrected chi connectivity index (χ0v) is 9.22. The van der Waals surface area contributed by atoms with Gasteiger partial charge in [-0.2, -0.15) is 5.10 Å². The Morgan fingerprint density at radius 2 is 2.50 bits per heavy atom. The van der Waals surface area contributed by atoms with Crippen molar-refractivity contribution < 1.29 is 4.39 Å². The SMILES string of the molecule is C=C(C(N)Cn1cccn1)N1CCC(F)C1. The molecule has 5 heteroatoms. The number of nitrogens with zero attached hydrogens (tertiary/aromatic N) is 3. The minimum atomic E-state index is -0.742. The van der Waals surface area contributed by atoms with E-state index < -0.39 is 6.17 Å². The van der Waals surface area contributed by atoms with Crippen LogP contribution in [0.15, 0.2) is 30.7 Å². The molecular weight excluding hydrogens is 207 g/mol. The fourth-order valence-corrected chi connectivity index (χ4v) is 1.93. The van der Waals surface area contributed by atoms with Crippen LogP contribution < -0.4 is 5.73 Å². The summed E-state index contributed by atoms with van der Waals surface area (Å²) in [5.74, 6) is 0. The van der Waals surface area contributed by atoms with Gasteiger partial charge in [-0.05, 0) is 12.5 Å². The van der Waals surface area contributed by atoms with E-state index in [0.717, 1.165) is 5.70 Å². The molecule has 2 atom stereocenters. The first-order valence-corrected chi connectivity index (χ1v) is 5.47. The maximum atomic E-state index is 13.0. The van der Waals surface area contributed by atoms with E-state index >= 15 is 0 Å². The van der Waals surface area contributed by atoms with E-state index in [-0.39, 0.29) is 6.04 Å². The third-order valence-corrected chi connectivity index (χ3v) is 2.91. The molecule has 0 bridgehead atoms. The Morgan fingerprint density at radius 1 is 1.69 bits per heavy atom. The lowest BCUT2D eigenvalue weighted by atomic mass is 10.2. The van der Waals surface area contributed by atoms with Crippen LogP contribution in [-0.4, -0.2) is 40.0 Å². The van der Waals surface area contributed by atoms with E-state index in [9.17, 15) is 4.39 Å². The van der Waals surface area contributed by atoms with Crippen LogP contribution in [0.25, 0.3) is 0 Å². The first kappa shape index (κ1) is 11.1. The molecule has 0 radical (unpaired) electrons. The number of hydrogen-bond acceptors (Lipinski definition) is 3. The third kappa shape index (κ3) is 2.41. The minimum Gasteiger partial charge on any atom is -0.371 e. The summed E-state index contributed by atoms with van der Waals surface area (Å²) in [7, 11) is 0. The normalized spacial score (nSPS) is 22.4. The number of halogens is 1.